The molecule has 86 valence electrons. The monoisotopic (exact) mass is 219 g/mol. The minimum Gasteiger partial charge on any atom is -0.507 e. The average Bonchev–Trinajstić information content (AvgIpc) is 2.22. The Hall–Kier alpha value is -1.77. The highest BCUT2D eigenvalue weighted by molar-refractivity contribution is 5.91. The molecule has 0 fully saturated rings. The van der Waals surface area contributed by atoms with Gasteiger partial charge in [-0.25, -0.2) is 0 Å². The minimum atomic E-state index is -0.0524. The topological polar surface area (TPSA) is 40.5 Å². The lowest BCUT2D eigenvalue weighted by Gasteiger charge is -2.06. The first-order valence-corrected chi connectivity index (χ1v) is 5.11. The van der Waals surface area contributed by atoms with Gasteiger partial charge in [0.15, 0.2) is 0 Å². The van der Waals surface area contributed by atoms with E-state index in [-0.39, 0.29) is 5.91 Å². The van der Waals surface area contributed by atoms with Gasteiger partial charge < -0.3 is 10.0 Å². The van der Waals surface area contributed by atoms with Crippen LogP contribution >= 0.6 is 0 Å². The van der Waals surface area contributed by atoms with Crippen LogP contribution in [-0.4, -0.2) is 30.0 Å². The van der Waals surface area contributed by atoms with Crippen LogP contribution in [0.15, 0.2) is 18.2 Å². The standard InChI is InChI=1S/C13H17NO2/c1-9-7-11(8-10(2)13(9)16)5-6-12(15)14(3)4/h5-8,16H,1-4H3/b6-5+. The predicted molar refractivity (Wildman–Crippen MR) is 65.3 cm³/mol. The number of phenolic OH excluding ortho intramolecular Hbond substituents is 1. The summed E-state index contributed by atoms with van der Waals surface area (Å²) >= 11 is 0. The molecule has 1 amide bonds. The highest BCUT2D eigenvalue weighted by atomic mass is 16.3. The number of rotatable bonds is 2. The molecule has 0 heterocycles. The maximum atomic E-state index is 11.3. The van der Waals surface area contributed by atoms with Crippen molar-refractivity contribution in [3.05, 3.63) is 34.9 Å². The fourth-order valence-corrected chi connectivity index (χ4v) is 1.40. The molecule has 0 unspecified atom stereocenters. The minimum absolute atomic E-state index is 0.0524. The summed E-state index contributed by atoms with van der Waals surface area (Å²) in [5, 5.41) is 9.60. The van der Waals surface area contributed by atoms with E-state index in [9.17, 15) is 9.90 Å². The molecule has 1 aromatic rings. The van der Waals surface area contributed by atoms with Crippen molar-refractivity contribution < 1.29 is 9.90 Å². The molecule has 0 saturated carbocycles. The van der Waals surface area contributed by atoms with Gasteiger partial charge in [0.25, 0.3) is 0 Å². The molecule has 16 heavy (non-hydrogen) atoms. The van der Waals surface area contributed by atoms with Gasteiger partial charge in [-0.2, -0.15) is 0 Å². The highest BCUT2D eigenvalue weighted by Crippen LogP contribution is 2.23. The van der Waals surface area contributed by atoms with Gasteiger partial charge in [-0.15, -0.1) is 0 Å². The molecule has 3 heteroatoms. The van der Waals surface area contributed by atoms with E-state index in [0.717, 1.165) is 16.7 Å². The molecule has 0 aliphatic carbocycles. The Balaban J connectivity index is 2.95. The summed E-state index contributed by atoms with van der Waals surface area (Å²) in [6, 6.07) is 3.70. The van der Waals surface area contributed by atoms with E-state index in [1.54, 1.807) is 20.2 Å². The molecule has 0 aliphatic heterocycles. The number of aryl methyl sites for hydroxylation is 2. The summed E-state index contributed by atoms with van der Waals surface area (Å²) in [6.07, 6.45) is 3.27. The Morgan fingerprint density at radius 1 is 1.25 bits per heavy atom. The van der Waals surface area contributed by atoms with Crippen molar-refractivity contribution >= 4 is 12.0 Å². The van der Waals surface area contributed by atoms with Crippen LogP contribution in [0.4, 0.5) is 0 Å². The molecule has 1 N–H and O–H groups in total. The molecule has 1 rings (SSSR count). The summed E-state index contributed by atoms with van der Waals surface area (Å²) in [7, 11) is 3.42. The predicted octanol–water partition coefficient (Wildman–Crippen LogP) is 2.11. The lowest BCUT2D eigenvalue weighted by atomic mass is 10.1. The van der Waals surface area contributed by atoms with Crippen LogP contribution in [-0.2, 0) is 4.79 Å². The lowest BCUT2D eigenvalue weighted by molar-refractivity contribution is -0.123. The second-order valence-electron chi connectivity index (χ2n) is 4.07. The second kappa shape index (κ2) is 4.84. The van der Waals surface area contributed by atoms with Gasteiger partial charge >= 0.3 is 0 Å². The quantitative estimate of drug-likeness (QED) is 0.774. The van der Waals surface area contributed by atoms with Gasteiger partial charge in [-0.1, -0.05) is 0 Å². The number of amides is 1. The molecule has 0 atom stereocenters. The Bertz CT molecular complexity index is 411. The molecule has 0 bridgehead atoms. The van der Waals surface area contributed by atoms with Crippen molar-refractivity contribution in [2.45, 2.75) is 13.8 Å². The van der Waals surface area contributed by atoms with Gasteiger partial charge in [0, 0.05) is 20.2 Å². The van der Waals surface area contributed by atoms with Crippen molar-refractivity contribution in [3.8, 4) is 5.75 Å². The third-order valence-corrected chi connectivity index (χ3v) is 2.37. The van der Waals surface area contributed by atoms with E-state index in [1.165, 1.54) is 11.0 Å². The van der Waals surface area contributed by atoms with E-state index >= 15 is 0 Å². The first kappa shape index (κ1) is 12.3. The third kappa shape index (κ3) is 2.86. The van der Waals surface area contributed by atoms with Gasteiger partial charge in [0.2, 0.25) is 5.91 Å². The third-order valence-electron chi connectivity index (χ3n) is 2.37. The number of aromatic hydroxyl groups is 1. The summed E-state index contributed by atoms with van der Waals surface area (Å²) in [5.41, 5.74) is 2.55. The van der Waals surface area contributed by atoms with Crippen LogP contribution in [0.2, 0.25) is 0 Å². The van der Waals surface area contributed by atoms with Crippen molar-refractivity contribution in [1.82, 2.24) is 4.90 Å². The SMILES string of the molecule is Cc1cc(/C=C/C(=O)N(C)C)cc(C)c1O. The van der Waals surface area contributed by atoms with Crippen molar-refractivity contribution in [2.75, 3.05) is 14.1 Å². The fourth-order valence-electron chi connectivity index (χ4n) is 1.40. The first-order chi connectivity index (χ1) is 7.41. The van der Waals surface area contributed by atoms with Gasteiger partial charge in [-0.3, -0.25) is 4.79 Å². The molecular formula is C13H17NO2. The highest BCUT2D eigenvalue weighted by Gasteiger charge is 2.02. The molecule has 1 aromatic carbocycles. The smallest absolute Gasteiger partial charge is 0.246 e. The summed E-state index contributed by atoms with van der Waals surface area (Å²) in [5.74, 6) is 0.263. The van der Waals surface area contributed by atoms with E-state index in [4.69, 9.17) is 0 Å². The van der Waals surface area contributed by atoms with Crippen LogP contribution in [0.5, 0.6) is 5.75 Å². The zero-order chi connectivity index (χ0) is 12.3. The Morgan fingerprint density at radius 2 is 1.75 bits per heavy atom. The first-order valence-electron chi connectivity index (χ1n) is 5.11. The van der Waals surface area contributed by atoms with Crippen LogP contribution in [0.3, 0.4) is 0 Å². The van der Waals surface area contributed by atoms with Crippen LogP contribution in [0.1, 0.15) is 16.7 Å². The largest absolute Gasteiger partial charge is 0.507 e. The number of likely N-dealkylation sites (N-methyl/N-ethyl adjacent to an activating group) is 1. The van der Waals surface area contributed by atoms with Crippen LogP contribution < -0.4 is 0 Å². The maximum Gasteiger partial charge on any atom is 0.246 e. The van der Waals surface area contributed by atoms with Crippen molar-refractivity contribution in [3.63, 3.8) is 0 Å². The van der Waals surface area contributed by atoms with Gasteiger partial charge in [0.1, 0.15) is 5.75 Å². The number of phenols is 1. The van der Waals surface area contributed by atoms with E-state index in [0.29, 0.717) is 5.75 Å². The Morgan fingerprint density at radius 3 is 2.19 bits per heavy atom. The zero-order valence-corrected chi connectivity index (χ0v) is 10.1. The summed E-state index contributed by atoms with van der Waals surface area (Å²) in [6.45, 7) is 3.68. The fraction of sp³-hybridized carbons (Fsp3) is 0.308. The van der Waals surface area contributed by atoms with Crippen LogP contribution in [0, 0.1) is 13.8 Å². The average molecular weight is 219 g/mol. The number of carbonyl (C=O) groups is 1. The Labute approximate surface area is 96.0 Å². The molecule has 0 saturated heterocycles. The molecule has 0 radical (unpaired) electrons. The number of nitrogens with zero attached hydrogens (tertiary/aromatic N) is 1. The molecule has 3 nitrogen and oxygen atoms in total. The van der Waals surface area contributed by atoms with Gasteiger partial charge in [0.05, 0.1) is 0 Å². The second-order valence-corrected chi connectivity index (χ2v) is 4.07. The lowest BCUT2D eigenvalue weighted by Crippen LogP contribution is -2.18. The van der Waals surface area contributed by atoms with E-state index < -0.39 is 0 Å². The number of benzene rings is 1. The maximum absolute atomic E-state index is 11.3. The molecular weight excluding hydrogens is 202 g/mol. The summed E-state index contributed by atoms with van der Waals surface area (Å²) in [4.78, 5) is 12.9. The van der Waals surface area contributed by atoms with E-state index in [1.807, 2.05) is 26.0 Å². The van der Waals surface area contributed by atoms with Crippen molar-refractivity contribution in [1.29, 1.82) is 0 Å². The molecule has 0 aromatic heterocycles. The molecule has 0 spiro atoms. The van der Waals surface area contributed by atoms with Crippen LogP contribution in [0.25, 0.3) is 6.08 Å². The number of hydrogen-bond donors (Lipinski definition) is 1. The normalized spacial score (nSPS) is 10.8. The van der Waals surface area contributed by atoms with Gasteiger partial charge in [-0.05, 0) is 48.7 Å². The zero-order valence-electron chi connectivity index (χ0n) is 10.1. The van der Waals surface area contributed by atoms with E-state index in [2.05, 4.69) is 0 Å². The number of hydrogen-bond acceptors (Lipinski definition) is 2. The Kier molecular flexibility index (Phi) is 3.72. The molecule has 0 aliphatic rings. The van der Waals surface area contributed by atoms with Crippen molar-refractivity contribution in [2.24, 2.45) is 0 Å². The summed E-state index contributed by atoms with van der Waals surface area (Å²) < 4.78 is 0. The number of carbonyl (C=O) groups excluding carboxylic acids is 1.